The van der Waals surface area contributed by atoms with Crippen LogP contribution in [0.3, 0.4) is 0 Å². The summed E-state index contributed by atoms with van der Waals surface area (Å²) in [5, 5.41) is 12.5. The van der Waals surface area contributed by atoms with Gasteiger partial charge in [-0.3, -0.25) is 10.0 Å². The van der Waals surface area contributed by atoms with Gasteiger partial charge in [0.05, 0.1) is 19.1 Å². The Bertz CT molecular complexity index is 155. The molecule has 1 aliphatic rings. The molecule has 1 fully saturated rings. The van der Waals surface area contributed by atoms with Gasteiger partial charge in [-0.1, -0.05) is 0 Å². The Hall–Kier alpha value is -0.650. The lowest BCUT2D eigenvalue weighted by atomic mass is 10.2. The van der Waals surface area contributed by atoms with Gasteiger partial charge in [-0.05, 0) is 0 Å². The summed E-state index contributed by atoms with van der Waals surface area (Å²) in [6.45, 7) is 2.15. The van der Waals surface area contributed by atoms with Gasteiger partial charge >= 0.3 is 0 Å². The smallest absolute Gasteiger partial charge is 0.248 e. The molecule has 1 saturated heterocycles. The monoisotopic (exact) mass is 174 g/mol. The molecule has 0 aromatic carbocycles. The summed E-state index contributed by atoms with van der Waals surface area (Å²) in [5.74, 6) is -0.316. The number of carbonyl (C=O) groups is 1. The van der Waals surface area contributed by atoms with Gasteiger partial charge in [-0.2, -0.15) is 0 Å². The molecule has 0 radical (unpaired) electrons. The molecule has 1 rings (SSSR count). The van der Waals surface area contributed by atoms with Gasteiger partial charge in [0.25, 0.3) is 0 Å². The van der Waals surface area contributed by atoms with Crippen molar-refractivity contribution in [3.63, 3.8) is 0 Å². The highest BCUT2D eigenvalue weighted by Gasteiger charge is 2.18. The third kappa shape index (κ3) is 2.77. The van der Waals surface area contributed by atoms with Crippen LogP contribution in [0.1, 0.15) is 6.42 Å². The van der Waals surface area contributed by atoms with Crippen LogP contribution in [0.15, 0.2) is 0 Å². The van der Waals surface area contributed by atoms with E-state index in [2.05, 4.69) is 5.32 Å². The standard InChI is InChI=1S/C7H14N2O3/c1-9(11)7(10)4-6-5-8-2-3-12-6/h6,8,11H,2-5H2,1H3. The zero-order valence-corrected chi connectivity index (χ0v) is 7.12. The maximum absolute atomic E-state index is 11.0. The fourth-order valence-corrected chi connectivity index (χ4v) is 1.08. The summed E-state index contributed by atoms with van der Waals surface area (Å²) in [7, 11) is 1.32. The molecule has 0 bridgehead atoms. The van der Waals surface area contributed by atoms with E-state index in [9.17, 15) is 4.79 Å². The first kappa shape index (κ1) is 9.44. The summed E-state index contributed by atoms with van der Waals surface area (Å²) in [4.78, 5) is 11.0. The highest BCUT2D eigenvalue weighted by Crippen LogP contribution is 2.02. The number of hydrogen-bond donors (Lipinski definition) is 2. The van der Waals surface area contributed by atoms with Crippen LogP contribution < -0.4 is 5.32 Å². The largest absolute Gasteiger partial charge is 0.375 e. The van der Waals surface area contributed by atoms with Gasteiger partial charge < -0.3 is 10.1 Å². The molecule has 0 saturated carbocycles. The van der Waals surface area contributed by atoms with E-state index in [0.29, 0.717) is 18.2 Å². The Kier molecular flexibility index (Phi) is 3.46. The molecule has 5 heteroatoms. The second-order valence-corrected chi connectivity index (χ2v) is 2.82. The predicted octanol–water partition coefficient (Wildman–Crippen LogP) is -0.787. The van der Waals surface area contributed by atoms with Crippen molar-refractivity contribution < 1.29 is 14.7 Å². The van der Waals surface area contributed by atoms with Crippen molar-refractivity contribution in [3.8, 4) is 0 Å². The van der Waals surface area contributed by atoms with E-state index in [1.54, 1.807) is 0 Å². The van der Waals surface area contributed by atoms with Gasteiger partial charge in [0.1, 0.15) is 0 Å². The Morgan fingerprint density at radius 1 is 1.83 bits per heavy atom. The number of amides is 1. The van der Waals surface area contributed by atoms with Crippen LogP contribution in [-0.4, -0.2) is 49.0 Å². The van der Waals surface area contributed by atoms with E-state index in [4.69, 9.17) is 9.94 Å². The first-order valence-corrected chi connectivity index (χ1v) is 3.98. The Morgan fingerprint density at radius 3 is 3.08 bits per heavy atom. The molecule has 70 valence electrons. The summed E-state index contributed by atoms with van der Waals surface area (Å²) in [6.07, 6.45) is 0.140. The highest BCUT2D eigenvalue weighted by molar-refractivity contribution is 5.75. The van der Waals surface area contributed by atoms with Gasteiger partial charge in [-0.25, -0.2) is 5.06 Å². The number of hydroxylamine groups is 2. The van der Waals surface area contributed by atoms with Crippen LogP contribution in [0.25, 0.3) is 0 Å². The van der Waals surface area contributed by atoms with Gasteiger partial charge in [-0.15, -0.1) is 0 Å². The summed E-state index contributed by atoms with van der Waals surface area (Å²) in [5.41, 5.74) is 0. The molecular weight excluding hydrogens is 160 g/mol. The molecular formula is C7H14N2O3. The predicted molar refractivity (Wildman–Crippen MR) is 41.8 cm³/mol. The number of carbonyl (C=O) groups excluding carboxylic acids is 1. The first-order valence-electron chi connectivity index (χ1n) is 3.98. The Labute approximate surface area is 71.3 Å². The lowest BCUT2D eigenvalue weighted by molar-refractivity contribution is -0.162. The van der Waals surface area contributed by atoms with Crippen molar-refractivity contribution in [1.29, 1.82) is 0 Å². The molecule has 1 atom stereocenters. The molecule has 0 aromatic heterocycles. The molecule has 1 unspecified atom stereocenters. The average molecular weight is 174 g/mol. The van der Waals surface area contributed by atoms with E-state index in [1.807, 2.05) is 0 Å². The summed E-state index contributed by atoms with van der Waals surface area (Å²) >= 11 is 0. The maximum atomic E-state index is 11.0. The summed E-state index contributed by atoms with van der Waals surface area (Å²) < 4.78 is 5.28. The third-order valence-corrected chi connectivity index (χ3v) is 1.77. The molecule has 0 aromatic rings. The number of morpholine rings is 1. The number of hydrogen-bond acceptors (Lipinski definition) is 4. The number of rotatable bonds is 2. The van der Waals surface area contributed by atoms with E-state index in [-0.39, 0.29) is 18.4 Å². The lowest BCUT2D eigenvalue weighted by Crippen LogP contribution is -2.41. The number of nitrogens with one attached hydrogen (secondary N) is 1. The molecule has 1 heterocycles. The van der Waals surface area contributed by atoms with Gasteiger partial charge in [0.2, 0.25) is 5.91 Å². The van der Waals surface area contributed by atoms with Crippen LogP contribution in [0.5, 0.6) is 0 Å². The van der Waals surface area contributed by atoms with Crippen molar-refractivity contribution in [2.45, 2.75) is 12.5 Å². The topological polar surface area (TPSA) is 61.8 Å². The zero-order chi connectivity index (χ0) is 8.97. The lowest BCUT2D eigenvalue weighted by Gasteiger charge is -2.23. The van der Waals surface area contributed by atoms with Crippen molar-refractivity contribution in [1.82, 2.24) is 10.4 Å². The average Bonchev–Trinajstić information content (AvgIpc) is 2.06. The fourth-order valence-electron chi connectivity index (χ4n) is 1.08. The molecule has 0 spiro atoms. The Morgan fingerprint density at radius 2 is 2.58 bits per heavy atom. The quantitative estimate of drug-likeness (QED) is 0.425. The van der Waals surface area contributed by atoms with Crippen LogP contribution >= 0.6 is 0 Å². The number of ether oxygens (including phenoxy) is 1. The minimum Gasteiger partial charge on any atom is -0.375 e. The van der Waals surface area contributed by atoms with E-state index >= 15 is 0 Å². The SMILES string of the molecule is CN(O)C(=O)CC1CNCCO1. The molecule has 1 amide bonds. The van der Waals surface area contributed by atoms with E-state index < -0.39 is 0 Å². The van der Waals surface area contributed by atoms with Crippen molar-refractivity contribution in [3.05, 3.63) is 0 Å². The van der Waals surface area contributed by atoms with E-state index in [1.165, 1.54) is 7.05 Å². The Balaban J connectivity index is 2.24. The molecule has 0 aliphatic carbocycles. The third-order valence-electron chi connectivity index (χ3n) is 1.77. The zero-order valence-electron chi connectivity index (χ0n) is 7.12. The normalized spacial score (nSPS) is 23.7. The second-order valence-electron chi connectivity index (χ2n) is 2.82. The number of nitrogens with zero attached hydrogens (tertiary/aromatic N) is 1. The van der Waals surface area contributed by atoms with Crippen LogP contribution in [0.2, 0.25) is 0 Å². The highest BCUT2D eigenvalue weighted by atomic mass is 16.5. The van der Waals surface area contributed by atoms with Crippen molar-refractivity contribution in [2.24, 2.45) is 0 Å². The van der Waals surface area contributed by atoms with Crippen LogP contribution in [-0.2, 0) is 9.53 Å². The van der Waals surface area contributed by atoms with Crippen LogP contribution in [0.4, 0.5) is 0 Å². The minimum absolute atomic E-state index is 0.0964. The second kappa shape index (κ2) is 4.39. The van der Waals surface area contributed by atoms with Crippen molar-refractivity contribution >= 4 is 5.91 Å². The van der Waals surface area contributed by atoms with Crippen molar-refractivity contribution in [2.75, 3.05) is 26.7 Å². The molecule has 12 heavy (non-hydrogen) atoms. The molecule has 5 nitrogen and oxygen atoms in total. The maximum Gasteiger partial charge on any atom is 0.248 e. The van der Waals surface area contributed by atoms with E-state index in [0.717, 1.165) is 6.54 Å². The molecule has 1 aliphatic heterocycles. The van der Waals surface area contributed by atoms with Gasteiger partial charge in [0, 0.05) is 20.1 Å². The van der Waals surface area contributed by atoms with Gasteiger partial charge in [0.15, 0.2) is 0 Å². The van der Waals surface area contributed by atoms with Crippen LogP contribution in [0, 0.1) is 0 Å². The molecule has 2 N–H and O–H groups in total. The first-order chi connectivity index (χ1) is 5.70. The fraction of sp³-hybridized carbons (Fsp3) is 0.857. The minimum atomic E-state index is -0.316. The summed E-state index contributed by atoms with van der Waals surface area (Å²) in [6, 6.07) is 0.